The molecule has 5 nitrogen and oxygen atoms in total. The van der Waals surface area contributed by atoms with Gasteiger partial charge < -0.3 is 19.1 Å². The number of furan rings is 2. The molecular formula is C52H35N3O2. The van der Waals surface area contributed by atoms with Crippen molar-refractivity contribution in [3.8, 4) is 27.9 Å². The number of hydrogen-bond acceptors (Lipinski definition) is 3. The fraction of sp³-hybridized carbons (Fsp3) is 0.0192. The Morgan fingerprint density at radius 1 is 0.509 bits per heavy atom. The minimum atomic E-state index is 0.424. The third kappa shape index (κ3) is 5.51. The number of aliphatic imine (C=N–C) groups is 1. The molecule has 0 saturated heterocycles. The number of para-hydroxylation sites is 3. The molecule has 270 valence electrons. The first-order valence-electron chi connectivity index (χ1n) is 19.2. The van der Waals surface area contributed by atoms with Gasteiger partial charge in [0.1, 0.15) is 34.0 Å². The van der Waals surface area contributed by atoms with Crippen LogP contribution in [0.3, 0.4) is 0 Å². The molecule has 0 aliphatic carbocycles. The van der Waals surface area contributed by atoms with Crippen molar-refractivity contribution in [2.75, 3.05) is 0 Å². The number of rotatable bonds is 7. The summed E-state index contributed by atoms with van der Waals surface area (Å²) in [5, 5.41) is 5.31. The predicted molar refractivity (Wildman–Crippen MR) is 235 cm³/mol. The molecule has 57 heavy (non-hydrogen) atoms. The van der Waals surface area contributed by atoms with Crippen molar-refractivity contribution < 1.29 is 8.83 Å². The Hall–Kier alpha value is -7.63. The van der Waals surface area contributed by atoms with Crippen LogP contribution in [0.1, 0.15) is 16.9 Å². The van der Waals surface area contributed by atoms with Gasteiger partial charge in [-0.15, -0.1) is 0 Å². The quantitative estimate of drug-likeness (QED) is 0.131. The summed E-state index contributed by atoms with van der Waals surface area (Å²) < 4.78 is 15.7. The van der Waals surface area contributed by atoms with Crippen LogP contribution >= 0.6 is 0 Å². The lowest BCUT2D eigenvalue weighted by Gasteiger charge is -2.09. The van der Waals surface area contributed by atoms with Gasteiger partial charge in [-0.3, -0.25) is 0 Å². The zero-order valence-electron chi connectivity index (χ0n) is 30.9. The molecule has 0 fully saturated rings. The number of nitrogens with two attached hydrogens (primary N) is 1. The van der Waals surface area contributed by atoms with Crippen molar-refractivity contribution in [1.82, 2.24) is 4.57 Å². The van der Waals surface area contributed by atoms with E-state index in [4.69, 9.17) is 19.6 Å². The normalized spacial score (nSPS) is 12.1. The first kappa shape index (κ1) is 32.8. The molecule has 0 saturated carbocycles. The van der Waals surface area contributed by atoms with Gasteiger partial charge in [0.25, 0.3) is 0 Å². The molecular weight excluding hydrogens is 699 g/mol. The topological polar surface area (TPSA) is 69.6 Å². The molecule has 11 rings (SSSR count). The second-order valence-electron chi connectivity index (χ2n) is 14.5. The van der Waals surface area contributed by atoms with Gasteiger partial charge in [0, 0.05) is 50.2 Å². The molecule has 3 aromatic heterocycles. The number of benzene rings is 8. The number of nitrogens with zero attached hydrogens (tertiary/aromatic N) is 2. The molecule has 0 unspecified atom stereocenters. The van der Waals surface area contributed by atoms with Gasteiger partial charge in [-0.1, -0.05) is 121 Å². The van der Waals surface area contributed by atoms with E-state index in [2.05, 4.69) is 162 Å². The van der Waals surface area contributed by atoms with Crippen LogP contribution in [-0.4, -0.2) is 10.4 Å². The zero-order chi connectivity index (χ0) is 37.9. The highest BCUT2D eigenvalue weighted by Crippen LogP contribution is 2.43. The average molecular weight is 734 g/mol. The van der Waals surface area contributed by atoms with Crippen LogP contribution in [0, 0.1) is 0 Å². The molecule has 5 heteroatoms. The fourth-order valence-electron chi connectivity index (χ4n) is 8.45. The molecule has 0 atom stereocenters. The summed E-state index contributed by atoms with van der Waals surface area (Å²) in [4.78, 5) is 5.17. The van der Waals surface area contributed by atoms with Crippen LogP contribution in [0.4, 0.5) is 5.69 Å². The highest BCUT2D eigenvalue weighted by atomic mass is 16.3. The van der Waals surface area contributed by atoms with Crippen molar-refractivity contribution >= 4 is 66.2 Å². The Balaban J connectivity index is 1.06. The summed E-state index contributed by atoms with van der Waals surface area (Å²) in [6.07, 6.45) is 0.493. The van der Waals surface area contributed by atoms with E-state index in [0.717, 1.165) is 105 Å². The van der Waals surface area contributed by atoms with E-state index < -0.39 is 0 Å². The first-order chi connectivity index (χ1) is 28.2. The molecule has 0 bridgehead atoms. The maximum Gasteiger partial charge on any atom is 0.143 e. The van der Waals surface area contributed by atoms with E-state index >= 15 is 0 Å². The lowest BCUT2D eigenvalue weighted by molar-refractivity contribution is 0.564. The van der Waals surface area contributed by atoms with Gasteiger partial charge in [0.15, 0.2) is 0 Å². The third-order valence-electron chi connectivity index (χ3n) is 11.1. The van der Waals surface area contributed by atoms with Crippen LogP contribution in [0.15, 0.2) is 202 Å². The Labute approximate surface area is 328 Å². The standard InChI is InChI=1S/C52H35N3O2/c53-52(36-27-28-45-42(29-36)39-22-10-12-24-44(39)55(45)38-20-8-3-9-21-38)54-50-40-23-11-13-25-46(40)56-48(50)32-35-19-14-26-47-49(35)43-31-37(33-15-4-1-5-16-33)30-41(51(43)57-47)34-17-6-2-7-18-34/h1-31H,32H2,(H2,53,54). The zero-order valence-corrected chi connectivity index (χ0v) is 30.9. The van der Waals surface area contributed by atoms with Gasteiger partial charge in [0.2, 0.25) is 0 Å². The van der Waals surface area contributed by atoms with Crippen LogP contribution in [0.2, 0.25) is 0 Å². The first-order valence-corrected chi connectivity index (χ1v) is 19.2. The summed E-state index contributed by atoms with van der Waals surface area (Å²) in [6, 6.07) is 65.1. The van der Waals surface area contributed by atoms with Crippen LogP contribution in [0.25, 0.3) is 82.7 Å². The largest absolute Gasteiger partial charge is 0.458 e. The Morgan fingerprint density at radius 3 is 1.98 bits per heavy atom. The van der Waals surface area contributed by atoms with Gasteiger partial charge in [-0.2, -0.15) is 0 Å². The van der Waals surface area contributed by atoms with Crippen LogP contribution < -0.4 is 5.73 Å². The highest BCUT2D eigenvalue weighted by Gasteiger charge is 2.21. The summed E-state index contributed by atoms with van der Waals surface area (Å²) >= 11 is 0. The summed E-state index contributed by atoms with van der Waals surface area (Å²) in [7, 11) is 0. The Morgan fingerprint density at radius 2 is 1.18 bits per heavy atom. The van der Waals surface area contributed by atoms with Gasteiger partial charge >= 0.3 is 0 Å². The lowest BCUT2D eigenvalue weighted by Crippen LogP contribution is -2.12. The predicted octanol–water partition coefficient (Wildman–Crippen LogP) is 13.4. The van der Waals surface area contributed by atoms with Crippen LogP contribution in [-0.2, 0) is 6.42 Å². The highest BCUT2D eigenvalue weighted by molar-refractivity contribution is 6.14. The van der Waals surface area contributed by atoms with Crippen molar-refractivity contribution in [2.45, 2.75) is 6.42 Å². The average Bonchev–Trinajstić information content (AvgIpc) is 3.93. The lowest BCUT2D eigenvalue weighted by atomic mass is 9.94. The monoisotopic (exact) mass is 733 g/mol. The molecule has 3 heterocycles. The SMILES string of the molecule is NC(=Nc1c(Cc2cccc3oc4c(-c5ccccc5)cc(-c5ccccc5)cc4c23)oc2ccccc12)c1ccc2c(c1)c1ccccc1n2-c1ccccc1. The molecule has 0 spiro atoms. The molecule has 0 aliphatic rings. The number of fused-ring (bicyclic) bond motifs is 7. The smallest absolute Gasteiger partial charge is 0.143 e. The fourth-order valence-corrected chi connectivity index (χ4v) is 8.45. The minimum absolute atomic E-state index is 0.424. The number of hydrogen-bond donors (Lipinski definition) is 1. The molecule has 11 aromatic rings. The molecule has 0 amide bonds. The second kappa shape index (κ2) is 13.3. The number of amidine groups is 1. The van der Waals surface area contributed by atoms with Crippen LogP contribution in [0.5, 0.6) is 0 Å². The van der Waals surface area contributed by atoms with Crippen molar-refractivity contribution in [2.24, 2.45) is 10.7 Å². The van der Waals surface area contributed by atoms with E-state index in [9.17, 15) is 0 Å². The van der Waals surface area contributed by atoms with Gasteiger partial charge in [0.05, 0.1) is 11.0 Å². The van der Waals surface area contributed by atoms with E-state index in [1.54, 1.807) is 0 Å². The summed E-state index contributed by atoms with van der Waals surface area (Å²) in [5.41, 5.74) is 19.9. The Bertz CT molecular complexity index is 3320. The van der Waals surface area contributed by atoms with E-state index in [-0.39, 0.29) is 0 Å². The molecule has 2 N–H and O–H groups in total. The summed E-state index contributed by atoms with van der Waals surface area (Å²) in [5.74, 6) is 1.17. The van der Waals surface area contributed by atoms with Crippen molar-refractivity contribution in [1.29, 1.82) is 0 Å². The van der Waals surface area contributed by atoms with Crippen molar-refractivity contribution in [3.63, 3.8) is 0 Å². The van der Waals surface area contributed by atoms with Gasteiger partial charge in [-0.25, -0.2) is 4.99 Å². The third-order valence-corrected chi connectivity index (χ3v) is 11.1. The molecule has 8 aromatic carbocycles. The van der Waals surface area contributed by atoms with E-state index in [0.29, 0.717) is 12.3 Å². The van der Waals surface area contributed by atoms with Gasteiger partial charge in [-0.05, 0) is 89.0 Å². The van der Waals surface area contributed by atoms with E-state index in [1.807, 2.05) is 30.3 Å². The second-order valence-corrected chi connectivity index (χ2v) is 14.5. The van der Waals surface area contributed by atoms with Crippen molar-refractivity contribution in [3.05, 3.63) is 205 Å². The minimum Gasteiger partial charge on any atom is -0.458 e. The summed E-state index contributed by atoms with van der Waals surface area (Å²) in [6.45, 7) is 0. The molecule has 0 aliphatic heterocycles. The maximum absolute atomic E-state index is 6.97. The molecule has 0 radical (unpaired) electrons. The van der Waals surface area contributed by atoms with E-state index in [1.165, 1.54) is 0 Å². The maximum atomic E-state index is 6.97. The Kier molecular flexibility index (Phi) is 7.64. The number of aromatic nitrogens is 1.